The second-order valence-electron chi connectivity index (χ2n) is 4.63. The van der Waals surface area contributed by atoms with E-state index in [4.69, 9.17) is 4.42 Å². The van der Waals surface area contributed by atoms with Gasteiger partial charge in [0.2, 0.25) is 0 Å². The molecule has 0 aliphatic heterocycles. The lowest BCUT2D eigenvalue weighted by Gasteiger charge is -2.21. The molecule has 0 aromatic carbocycles. The lowest BCUT2D eigenvalue weighted by Crippen LogP contribution is -2.38. The van der Waals surface area contributed by atoms with Crippen LogP contribution < -0.4 is 5.32 Å². The third-order valence-electron chi connectivity index (χ3n) is 2.82. The second-order valence-corrected chi connectivity index (χ2v) is 5.49. The highest BCUT2D eigenvalue weighted by atomic mass is 32.1. The van der Waals surface area contributed by atoms with E-state index in [0.29, 0.717) is 16.3 Å². The first-order chi connectivity index (χ1) is 8.90. The number of carbonyl (C=O) groups is 1. The predicted molar refractivity (Wildman–Crippen MR) is 72.2 cm³/mol. The van der Waals surface area contributed by atoms with Crippen LogP contribution in [0.15, 0.2) is 22.1 Å². The molecule has 0 aliphatic rings. The van der Waals surface area contributed by atoms with E-state index in [-0.39, 0.29) is 12.5 Å². The molecule has 0 unspecified atom stereocenters. The van der Waals surface area contributed by atoms with Crippen LogP contribution in [-0.2, 0) is 5.60 Å². The monoisotopic (exact) mass is 280 g/mol. The van der Waals surface area contributed by atoms with Gasteiger partial charge in [-0.2, -0.15) is 0 Å². The highest BCUT2D eigenvalue weighted by molar-refractivity contribution is 7.11. The van der Waals surface area contributed by atoms with E-state index < -0.39 is 5.60 Å². The van der Waals surface area contributed by atoms with Crippen molar-refractivity contribution >= 4 is 17.2 Å². The fourth-order valence-corrected chi connectivity index (χ4v) is 2.38. The average molecular weight is 280 g/mol. The molecule has 0 saturated carbocycles. The number of thiazole rings is 1. The number of rotatable bonds is 4. The summed E-state index contributed by atoms with van der Waals surface area (Å²) in [5, 5.41) is 13.0. The average Bonchev–Trinajstić information content (AvgIpc) is 2.95. The lowest BCUT2D eigenvalue weighted by molar-refractivity contribution is 0.0324. The fourth-order valence-electron chi connectivity index (χ4n) is 1.66. The number of hydrogen-bond acceptors (Lipinski definition) is 5. The molecule has 2 heterocycles. The van der Waals surface area contributed by atoms with Crippen LogP contribution in [0, 0.1) is 13.8 Å². The molecule has 0 bridgehead atoms. The maximum absolute atomic E-state index is 11.9. The number of aryl methyl sites for hydroxylation is 2. The minimum absolute atomic E-state index is 0.0795. The first-order valence-corrected chi connectivity index (χ1v) is 6.76. The zero-order chi connectivity index (χ0) is 14.0. The molecule has 19 heavy (non-hydrogen) atoms. The predicted octanol–water partition coefficient (Wildman–Crippen LogP) is 1.99. The van der Waals surface area contributed by atoms with Crippen molar-refractivity contribution in [1.29, 1.82) is 0 Å². The van der Waals surface area contributed by atoms with E-state index in [1.54, 1.807) is 38.4 Å². The van der Waals surface area contributed by atoms with Crippen LogP contribution in [0.3, 0.4) is 0 Å². The van der Waals surface area contributed by atoms with E-state index >= 15 is 0 Å². The van der Waals surface area contributed by atoms with E-state index in [9.17, 15) is 9.90 Å². The number of hydrogen-bond donors (Lipinski definition) is 2. The molecule has 5 nitrogen and oxygen atoms in total. The van der Waals surface area contributed by atoms with Gasteiger partial charge in [0, 0.05) is 0 Å². The number of nitrogens with one attached hydrogen (secondary N) is 1. The quantitative estimate of drug-likeness (QED) is 0.898. The van der Waals surface area contributed by atoms with E-state index in [1.807, 2.05) is 0 Å². The Morgan fingerprint density at radius 1 is 1.53 bits per heavy atom. The smallest absolute Gasteiger partial charge is 0.263 e. The SMILES string of the molecule is Cc1ccc([C@](C)(O)CNC(=O)c2scnc2C)o1. The molecule has 0 fully saturated rings. The summed E-state index contributed by atoms with van der Waals surface area (Å²) in [5.74, 6) is 0.926. The van der Waals surface area contributed by atoms with Gasteiger partial charge >= 0.3 is 0 Å². The molecular formula is C13H16N2O3S. The summed E-state index contributed by atoms with van der Waals surface area (Å²) in [5.41, 5.74) is 1.08. The molecule has 102 valence electrons. The minimum Gasteiger partial charge on any atom is -0.463 e. The Morgan fingerprint density at radius 2 is 2.26 bits per heavy atom. The molecule has 0 aliphatic carbocycles. The van der Waals surface area contributed by atoms with Crippen molar-refractivity contribution < 1.29 is 14.3 Å². The van der Waals surface area contributed by atoms with Crippen LogP contribution in [0.4, 0.5) is 0 Å². The van der Waals surface area contributed by atoms with Crippen molar-refractivity contribution in [3.05, 3.63) is 39.7 Å². The Kier molecular flexibility index (Phi) is 3.73. The topological polar surface area (TPSA) is 75.4 Å². The Balaban J connectivity index is 2.02. The molecule has 2 N–H and O–H groups in total. The Morgan fingerprint density at radius 3 is 2.79 bits per heavy atom. The van der Waals surface area contributed by atoms with Gasteiger partial charge in [0.05, 0.1) is 17.7 Å². The fraction of sp³-hybridized carbons (Fsp3) is 0.385. The van der Waals surface area contributed by atoms with Crippen molar-refractivity contribution in [2.75, 3.05) is 6.54 Å². The summed E-state index contributed by atoms with van der Waals surface area (Å²) in [6, 6.07) is 3.48. The van der Waals surface area contributed by atoms with Gasteiger partial charge in [0.1, 0.15) is 22.0 Å². The molecule has 6 heteroatoms. The van der Waals surface area contributed by atoms with Crippen molar-refractivity contribution in [1.82, 2.24) is 10.3 Å². The first-order valence-electron chi connectivity index (χ1n) is 5.88. The van der Waals surface area contributed by atoms with Crippen LogP contribution in [0.25, 0.3) is 0 Å². The summed E-state index contributed by atoms with van der Waals surface area (Å²) < 4.78 is 5.38. The van der Waals surface area contributed by atoms with Gasteiger partial charge in [-0.05, 0) is 32.9 Å². The molecule has 2 aromatic rings. The summed E-state index contributed by atoms with van der Waals surface area (Å²) >= 11 is 1.28. The third-order valence-corrected chi connectivity index (χ3v) is 3.74. The molecular weight excluding hydrogens is 264 g/mol. The minimum atomic E-state index is -1.23. The van der Waals surface area contributed by atoms with E-state index in [1.165, 1.54) is 11.3 Å². The number of aliphatic hydroxyl groups is 1. The largest absolute Gasteiger partial charge is 0.463 e. The maximum Gasteiger partial charge on any atom is 0.263 e. The van der Waals surface area contributed by atoms with Crippen LogP contribution in [0.5, 0.6) is 0 Å². The standard InChI is InChI=1S/C13H16N2O3S/c1-8-4-5-10(18-8)13(3,17)6-14-12(16)11-9(2)15-7-19-11/h4-5,7,17H,6H2,1-3H3,(H,14,16)/t13-/m1/s1. The van der Waals surface area contributed by atoms with Crippen molar-refractivity contribution in [3.8, 4) is 0 Å². The Labute approximate surface area is 115 Å². The van der Waals surface area contributed by atoms with Gasteiger partial charge in [-0.1, -0.05) is 0 Å². The van der Waals surface area contributed by atoms with Gasteiger partial charge in [-0.15, -0.1) is 11.3 Å². The van der Waals surface area contributed by atoms with Crippen LogP contribution in [0.2, 0.25) is 0 Å². The number of furan rings is 1. The van der Waals surface area contributed by atoms with Gasteiger partial charge in [-0.25, -0.2) is 4.98 Å². The first kappa shape index (κ1) is 13.8. The third kappa shape index (κ3) is 3.02. The number of nitrogens with zero attached hydrogens (tertiary/aromatic N) is 1. The molecule has 0 spiro atoms. The zero-order valence-corrected chi connectivity index (χ0v) is 11.9. The highest BCUT2D eigenvalue weighted by Gasteiger charge is 2.28. The summed E-state index contributed by atoms with van der Waals surface area (Å²) in [6.07, 6.45) is 0. The summed E-state index contributed by atoms with van der Waals surface area (Å²) in [7, 11) is 0. The molecule has 0 radical (unpaired) electrons. The van der Waals surface area contributed by atoms with Crippen LogP contribution >= 0.6 is 11.3 Å². The molecule has 0 saturated heterocycles. The second kappa shape index (κ2) is 5.14. The van der Waals surface area contributed by atoms with Gasteiger partial charge in [0.25, 0.3) is 5.91 Å². The van der Waals surface area contributed by atoms with Crippen molar-refractivity contribution in [2.24, 2.45) is 0 Å². The van der Waals surface area contributed by atoms with Crippen LogP contribution in [-0.4, -0.2) is 22.5 Å². The van der Waals surface area contributed by atoms with Gasteiger partial charge in [-0.3, -0.25) is 4.79 Å². The number of amides is 1. The van der Waals surface area contributed by atoms with Gasteiger partial charge < -0.3 is 14.8 Å². The normalized spacial score (nSPS) is 14.1. The highest BCUT2D eigenvalue weighted by Crippen LogP contribution is 2.22. The number of aromatic nitrogens is 1. The molecule has 2 aromatic heterocycles. The molecule has 1 amide bonds. The Hall–Kier alpha value is -1.66. The van der Waals surface area contributed by atoms with Crippen molar-refractivity contribution in [2.45, 2.75) is 26.4 Å². The molecule has 1 atom stereocenters. The molecule has 2 rings (SSSR count). The van der Waals surface area contributed by atoms with E-state index in [0.717, 1.165) is 5.76 Å². The zero-order valence-electron chi connectivity index (χ0n) is 11.1. The van der Waals surface area contributed by atoms with Gasteiger partial charge in [0.15, 0.2) is 0 Å². The Bertz CT molecular complexity index is 586. The van der Waals surface area contributed by atoms with Crippen LogP contribution in [0.1, 0.15) is 33.8 Å². The van der Waals surface area contributed by atoms with E-state index in [2.05, 4.69) is 10.3 Å². The summed E-state index contributed by atoms with van der Waals surface area (Å²) in [4.78, 5) is 16.5. The summed E-state index contributed by atoms with van der Waals surface area (Å²) in [6.45, 7) is 5.26. The maximum atomic E-state index is 11.9. The lowest BCUT2D eigenvalue weighted by atomic mass is 10.0. The number of carbonyl (C=O) groups excluding carboxylic acids is 1. The van der Waals surface area contributed by atoms with Crippen molar-refractivity contribution in [3.63, 3.8) is 0 Å².